The highest BCUT2D eigenvalue weighted by Gasteiger charge is 2.24. The summed E-state index contributed by atoms with van der Waals surface area (Å²) in [5.41, 5.74) is 6.74. The molecule has 1 aliphatic carbocycles. The Bertz CT molecular complexity index is 631. The van der Waals surface area contributed by atoms with Crippen molar-refractivity contribution in [3.05, 3.63) is 34.4 Å². The molecule has 1 aliphatic rings. The van der Waals surface area contributed by atoms with Crippen molar-refractivity contribution < 1.29 is 8.91 Å². The van der Waals surface area contributed by atoms with Gasteiger partial charge in [-0.1, -0.05) is 33.9 Å². The predicted octanol–water partition coefficient (Wildman–Crippen LogP) is 3.70. The van der Waals surface area contributed by atoms with E-state index in [2.05, 4.69) is 26.1 Å². The average Bonchev–Trinajstić information content (AvgIpc) is 2.92. The van der Waals surface area contributed by atoms with Crippen molar-refractivity contribution in [3.63, 3.8) is 0 Å². The summed E-state index contributed by atoms with van der Waals surface area (Å²) < 4.78 is 19.4. The van der Waals surface area contributed by atoms with Crippen LogP contribution in [0.15, 0.2) is 27.2 Å². The van der Waals surface area contributed by atoms with E-state index in [-0.39, 0.29) is 11.9 Å². The highest BCUT2D eigenvalue weighted by molar-refractivity contribution is 9.10. The third-order valence-corrected chi connectivity index (χ3v) is 4.73. The summed E-state index contributed by atoms with van der Waals surface area (Å²) in [6.45, 7) is 0. The van der Waals surface area contributed by atoms with Crippen LogP contribution >= 0.6 is 15.9 Å². The maximum atomic E-state index is 13.3. The first-order valence-electron chi connectivity index (χ1n) is 7.17. The number of hydrogen-bond acceptors (Lipinski definition) is 4. The molecular weight excluding hydrogens is 337 g/mol. The molecule has 2 aromatic rings. The van der Waals surface area contributed by atoms with Crippen LogP contribution in [-0.4, -0.2) is 16.2 Å². The van der Waals surface area contributed by atoms with Crippen LogP contribution in [0, 0.1) is 11.7 Å². The highest BCUT2D eigenvalue weighted by atomic mass is 79.9. The molecule has 0 aliphatic heterocycles. The van der Waals surface area contributed by atoms with E-state index in [1.54, 1.807) is 6.07 Å². The van der Waals surface area contributed by atoms with Crippen molar-refractivity contribution in [2.75, 3.05) is 0 Å². The Morgan fingerprint density at radius 2 is 2.14 bits per heavy atom. The van der Waals surface area contributed by atoms with Crippen LogP contribution in [0.4, 0.5) is 4.39 Å². The lowest BCUT2D eigenvalue weighted by Gasteiger charge is -2.27. The monoisotopic (exact) mass is 353 g/mol. The Morgan fingerprint density at radius 1 is 1.33 bits per heavy atom. The van der Waals surface area contributed by atoms with E-state index in [9.17, 15) is 4.39 Å². The lowest BCUT2D eigenvalue weighted by molar-refractivity contribution is 0.273. The van der Waals surface area contributed by atoms with Gasteiger partial charge in [0.15, 0.2) is 0 Å². The van der Waals surface area contributed by atoms with Crippen LogP contribution < -0.4 is 5.73 Å². The topological polar surface area (TPSA) is 64.9 Å². The summed E-state index contributed by atoms with van der Waals surface area (Å²) >= 11 is 3.38. The minimum absolute atomic E-state index is 0.204. The van der Waals surface area contributed by atoms with Crippen LogP contribution in [0.2, 0.25) is 0 Å². The third kappa shape index (κ3) is 3.32. The number of hydrogen-bond donors (Lipinski definition) is 1. The molecule has 0 bridgehead atoms. The molecule has 1 aromatic heterocycles. The molecule has 1 saturated carbocycles. The van der Waals surface area contributed by atoms with Crippen LogP contribution in [0.25, 0.3) is 11.4 Å². The lowest BCUT2D eigenvalue weighted by Crippen LogP contribution is -2.34. The van der Waals surface area contributed by atoms with Crippen LogP contribution in [-0.2, 0) is 6.42 Å². The molecule has 2 unspecified atom stereocenters. The zero-order valence-corrected chi connectivity index (χ0v) is 13.1. The van der Waals surface area contributed by atoms with Gasteiger partial charge in [0.1, 0.15) is 5.82 Å². The van der Waals surface area contributed by atoms with Gasteiger partial charge in [0.05, 0.1) is 0 Å². The molecule has 3 rings (SSSR count). The Hall–Kier alpha value is -1.27. The third-order valence-electron chi connectivity index (χ3n) is 4.04. The van der Waals surface area contributed by atoms with Gasteiger partial charge in [-0.25, -0.2) is 4.39 Å². The maximum absolute atomic E-state index is 13.3. The fraction of sp³-hybridized carbons (Fsp3) is 0.467. The summed E-state index contributed by atoms with van der Waals surface area (Å²) in [6.07, 6.45) is 5.25. The first kappa shape index (κ1) is 14.7. The molecular formula is C15H17BrFN3O. The zero-order chi connectivity index (χ0) is 14.8. The molecule has 112 valence electrons. The van der Waals surface area contributed by atoms with Crippen molar-refractivity contribution in [1.82, 2.24) is 10.1 Å². The Kier molecular flexibility index (Phi) is 4.35. The van der Waals surface area contributed by atoms with Crippen LogP contribution in [0.5, 0.6) is 0 Å². The van der Waals surface area contributed by atoms with Crippen LogP contribution in [0.1, 0.15) is 31.6 Å². The fourth-order valence-electron chi connectivity index (χ4n) is 2.83. The SMILES string of the molecule is NC1CCCCC1Cc1nc(-c2cc(F)ccc2Br)no1. The standard InChI is InChI=1S/C15H17BrFN3O/c16-12-6-5-10(17)8-11(12)15-19-14(21-20-15)7-9-3-1-2-4-13(9)18/h5-6,8-9,13H,1-4,7,18H2. The van der Waals surface area contributed by atoms with E-state index >= 15 is 0 Å². The van der Waals surface area contributed by atoms with E-state index in [1.165, 1.54) is 25.0 Å². The van der Waals surface area contributed by atoms with Gasteiger partial charge in [-0.2, -0.15) is 4.98 Å². The van der Waals surface area contributed by atoms with E-state index in [0.29, 0.717) is 29.6 Å². The van der Waals surface area contributed by atoms with Crippen molar-refractivity contribution >= 4 is 15.9 Å². The molecule has 1 aromatic carbocycles. The van der Waals surface area contributed by atoms with Gasteiger partial charge < -0.3 is 10.3 Å². The minimum Gasteiger partial charge on any atom is -0.339 e. The summed E-state index contributed by atoms with van der Waals surface area (Å²) in [4.78, 5) is 4.38. The molecule has 21 heavy (non-hydrogen) atoms. The van der Waals surface area contributed by atoms with Gasteiger partial charge in [0, 0.05) is 22.5 Å². The van der Waals surface area contributed by atoms with Gasteiger partial charge in [-0.15, -0.1) is 0 Å². The van der Waals surface area contributed by atoms with E-state index in [0.717, 1.165) is 17.3 Å². The average molecular weight is 354 g/mol. The fourth-order valence-corrected chi connectivity index (χ4v) is 3.25. The van der Waals surface area contributed by atoms with E-state index in [1.807, 2.05) is 0 Å². The first-order chi connectivity index (χ1) is 10.1. The first-order valence-corrected chi connectivity index (χ1v) is 7.96. The van der Waals surface area contributed by atoms with Gasteiger partial charge >= 0.3 is 0 Å². The number of aromatic nitrogens is 2. The predicted molar refractivity (Wildman–Crippen MR) is 81.0 cm³/mol. The molecule has 0 spiro atoms. The highest BCUT2D eigenvalue weighted by Crippen LogP contribution is 2.29. The van der Waals surface area contributed by atoms with E-state index < -0.39 is 0 Å². The van der Waals surface area contributed by atoms with Crippen molar-refractivity contribution in [2.45, 2.75) is 38.1 Å². The smallest absolute Gasteiger partial charge is 0.227 e. The Balaban J connectivity index is 1.78. The second kappa shape index (κ2) is 6.23. The van der Waals surface area contributed by atoms with Crippen molar-refractivity contribution in [2.24, 2.45) is 11.7 Å². The lowest BCUT2D eigenvalue weighted by atomic mass is 9.83. The molecule has 1 heterocycles. The Labute approximate surface area is 131 Å². The van der Waals surface area contributed by atoms with E-state index in [4.69, 9.17) is 10.3 Å². The molecule has 0 amide bonds. The van der Waals surface area contributed by atoms with Crippen molar-refractivity contribution in [1.29, 1.82) is 0 Å². The molecule has 4 nitrogen and oxygen atoms in total. The maximum Gasteiger partial charge on any atom is 0.227 e. The number of nitrogens with two attached hydrogens (primary N) is 1. The quantitative estimate of drug-likeness (QED) is 0.913. The number of benzene rings is 1. The summed E-state index contributed by atoms with van der Waals surface area (Å²) in [6, 6.07) is 4.62. The molecule has 1 fully saturated rings. The van der Waals surface area contributed by atoms with Crippen molar-refractivity contribution in [3.8, 4) is 11.4 Å². The molecule has 0 radical (unpaired) electrons. The summed E-state index contributed by atoms with van der Waals surface area (Å²) in [7, 11) is 0. The zero-order valence-electron chi connectivity index (χ0n) is 11.6. The summed E-state index contributed by atoms with van der Waals surface area (Å²) in [5.74, 6) is 1.04. The summed E-state index contributed by atoms with van der Waals surface area (Å²) in [5, 5.41) is 3.96. The van der Waals surface area contributed by atoms with Gasteiger partial charge in [0.2, 0.25) is 11.7 Å². The number of rotatable bonds is 3. The second-order valence-electron chi connectivity index (χ2n) is 5.55. The minimum atomic E-state index is -0.325. The molecule has 2 atom stereocenters. The number of halogens is 2. The Morgan fingerprint density at radius 3 is 2.95 bits per heavy atom. The van der Waals surface area contributed by atoms with Gasteiger partial charge in [0.25, 0.3) is 0 Å². The number of nitrogens with zero attached hydrogens (tertiary/aromatic N) is 2. The molecule has 2 N–H and O–H groups in total. The van der Waals surface area contributed by atoms with Gasteiger partial charge in [-0.05, 0) is 37.0 Å². The second-order valence-corrected chi connectivity index (χ2v) is 6.40. The largest absolute Gasteiger partial charge is 0.339 e. The normalized spacial score (nSPS) is 22.4. The van der Waals surface area contributed by atoms with Crippen LogP contribution in [0.3, 0.4) is 0 Å². The molecule has 6 heteroatoms. The van der Waals surface area contributed by atoms with Gasteiger partial charge in [-0.3, -0.25) is 0 Å². The molecule has 0 saturated heterocycles.